The van der Waals surface area contributed by atoms with E-state index in [1.54, 1.807) is 14.2 Å². The fourth-order valence-electron chi connectivity index (χ4n) is 6.02. The number of hydrogen-bond donors (Lipinski definition) is 3. The average Bonchev–Trinajstić information content (AvgIpc) is 3.70. The maximum Gasteiger partial charge on any atom is 0.221 e. The van der Waals surface area contributed by atoms with Crippen LogP contribution in [0, 0.1) is 5.92 Å². The van der Waals surface area contributed by atoms with Gasteiger partial charge < -0.3 is 25.4 Å². The summed E-state index contributed by atoms with van der Waals surface area (Å²) in [6.07, 6.45) is 2.66. The smallest absolute Gasteiger partial charge is 0.221 e. The van der Waals surface area contributed by atoms with Crippen molar-refractivity contribution in [1.82, 2.24) is 25.9 Å². The van der Waals surface area contributed by atoms with Crippen LogP contribution in [0.15, 0.2) is 60.7 Å². The highest BCUT2D eigenvalue weighted by Crippen LogP contribution is 2.42. The molecule has 2 saturated heterocycles. The van der Waals surface area contributed by atoms with E-state index in [1.807, 2.05) is 60.7 Å². The first-order valence-corrected chi connectivity index (χ1v) is 16.0. The minimum atomic E-state index is 0.0513. The van der Waals surface area contributed by atoms with Crippen molar-refractivity contribution in [3.05, 3.63) is 81.8 Å². The Kier molecular flexibility index (Phi) is 9.72. The maximum atomic E-state index is 11.6. The number of nitrogens with one attached hydrogen (secondary N) is 3. The van der Waals surface area contributed by atoms with Crippen molar-refractivity contribution in [3.63, 3.8) is 0 Å². The standard InChI is InChI=1S/C35H35Cl2N5O4/c1-45-34-21(10-9-20-15-30(43)39-17-20)11-13-28(41-34)26-7-3-5-24(32(26)36)25-6-4-8-27(33(25)37)29-14-12-22(35(42-29)46-2)18-38-23-16-31(44)40-19-23/h3-8,11-14,20,23,38H,9-10,15-19H2,1-2H3,(H,39,43)(H,40,44)/t20-,23-/m0/s1. The minimum Gasteiger partial charge on any atom is -0.481 e. The van der Waals surface area contributed by atoms with Crippen LogP contribution in [0.5, 0.6) is 11.8 Å². The van der Waals surface area contributed by atoms with Crippen LogP contribution < -0.4 is 25.4 Å². The summed E-state index contributed by atoms with van der Waals surface area (Å²) in [6, 6.07) is 19.5. The molecule has 0 unspecified atom stereocenters. The van der Waals surface area contributed by atoms with Crippen LogP contribution >= 0.6 is 23.2 Å². The van der Waals surface area contributed by atoms with E-state index in [0.29, 0.717) is 71.6 Å². The molecule has 2 atom stereocenters. The van der Waals surface area contributed by atoms with E-state index < -0.39 is 0 Å². The summed E-state index contributed by atoms with van der Waals surface area (Å²) in [5, 5.41) is 10.2. The summed E-state index contributed by atoms with van der Waals surface area (Å²) < 4.78 is 11.3. The Bertz CT molecular complexity index is 1650. The van der Waals surface area contributed by atoms with E-state index in [2.05, 4.69) is 16.0 Å². The average molecular weight is 661 g/mol. The van der Waals surface area contributed by atoms with Crippen molar-refractivity contribution in [2.75, 3.05) is 27.3 Å². The Morgan fingerprint density at radius 2 is 1.28 bits per heavy atom. The van der Waals surface area contributed by atoms with E-state index in [0.717, 1.165) is 46.2 Å². The van der Waals surface area contributed by atoms with Crippen LogP contribution in [0.3, 0.4) is 0 Å². The SMILES string of the molecule is COc1nc(-c2cccc(-c3cccc(-c4ccc(CN[C@@H]5CNC(=O)C5)c(OC)n4)c3Cl)c2Cl)ccc1CC[C@@H]1CNC(=O)C1. The van der Waals surface area contributed by atoms with Crippen LogP contribution in [-0.4, -0.2) is 55.1 Å². The Morgan fingerprint density at radius 3 is 1.83 bits per heavy atom. The summed E-state index contributed by atoms with van der Waals surface area (Å²) in [5.41, 5.74) is 6.25. The van der Waals surface area contributed by atoms with E-state index in [-0.39, 0.29) is 17.9 Å². The lowest BCUT2D eigenvalue weighted by molar-refractivity contribution is -0.120. The molecule has 6 rings (SSSR count). The second-order valence-corrected chi connectivity index (χ2v) is 12.3. The van der Waals surface area contributed by atoms with Crippen molar-refractivity contribution in [1.29, 1.82) is 0 Å². The Hall–Kier alpha value is -4.18. The van der Waals surface area contributed by atoms with Crippen molar-refractivity contribution in [2.24, 2.45) is 5.92 Å². The predicted molar refractivity (Wildman–Crippen MR) is 179 cm³/mol. The molecule has 46 heavy (non-hydrogen) atoms. The number of halogens is 2. The highest BCUT2D eigenvalue weighted by Gasteiger charge is 2.23. The predicted octanol–water partition coefficient (Wildman–Crippen LogP) is 5.85. The number of aryl methyl sites for hydroxylation is 1. The molecule has 2 fully saturated rings. The lowest BCUT2D eigenvalue weighted by atomic mass is 9.97. The molecule has 0 radical (unpaired) electrons. The number of carbonyl (C=O) groups excluding carboxylic acids is 2. The van der Waals surface area contributed by atoms with Gasteiger partial charge in [0.15, 0.2) is 0 Å². The third-order valence-electron chi connectivity index (χ3n) is 8.55. The number of benzene rings is 2. The lowest BCUT2D eigenvalue weighted by Gasteiger charge is -2.16. The molecule has 2 aliphatic heterocycles. The molecule has 0 spiro atoms. The number of methoxy groups -OCH3 is 2. The first-order valence-electron chi connectivity index (χ1n) is 15.3. The normalized spacial score (nSPS) is 17.6. The van der Waals surface area contributed by atoms with Crippen molar-refractivity contribution < 1.29 is 19.1 Å². The minimum absolute atomic E-state index is 0.0513. The monoisotopic (exact) mass is 659 g/mol. The fourth-order valence-corrected chi connectivity index (χ4v) is 6.67. The Morgan fingerprint density at radius 1 is 0.739 bits per heavy atom. The number of ether oxygens (including phenoxy) is 2. The molecule has 3 N–H and O–H groups in total. The van der Waals surface area contributed by atoms with Gasteiger partial charge in [0, 0.05) is 71.9 Å². The third kappa shape index (κ3) is 6.82. The van der Waals surface area contributed by atoms with Crippen LogP contribution in [0.1, 0.15) is 30.4 Å². The molecule has 9 nitrogen and oxygen atoms in total. The topological polar surface area (TPSA) is 114 Å². The lowest BCUT2D eigenvalue weighted by Crippen LogP contribution is -2.30. The molecule has 4 heterocycles. The number of pyridine rings is 2. The van der Waals surface area contributed by atoms with E-state index in [4.69, 9.17) is 42.6 Å². The molecule has 4 aromatic rings. The summed E-state index contributed by atoms with van der Waals surface area (Å²) in [5.74, 6) is 1.52. The van der Waals surface area contributed by atoms with Crippen LogP contribution in [0.2, 0.25) is 10.0 Å². The number of rotatable bonds is 11. The van der Waals surface area contributed by atoms with Gasteiger partial charge in [0.2, 0.25) is 23.6 Å². The van der Waals surface area contributed by atoms with Gasteiger partial charge in [-0.2, -0.15) is 0 Å². The van der Waals surface area contributed by atoms with Crippen LogP contribution in [0.4, 0.5) is 0 Å². The molecule has 238 valence electrons. The Labute approximate surface area is 278 Å². The maximum absolute atomic E-state index is 11.6. The van der Waals surface area contributed by atoms with Gasteiger partial charge in [0.05, 0.1) is 35.7 Å². The first-order chi connectivity index (χ1) is 22.3. The van der Waals surface area contributed by atoms with Gasteiger partial charge in [-0.15, -0.1) is 0 Å². The molecule has 0 aliphatic carbocycles. The van der Waals surface area contributed by atoms with E-state index >= 15 is 0 Å². The van der Waals surface area contributed by atoms with Gasteiger partial charge in [-0.1, -0.05) is 71.7 Å². The second kappa shape index (κ2) is 14.1. The van der Waals surface area contributed by atoms with Gasteiger partial charge in [-0.05, 0) is 30.9 Å². The molecular weight excluding hydrogens is 625 g/mol. The van der Waals surface area contributed by atoms with Gasteiger partial charge >= 0.3 is 0 Å². The molecular formula is C35H35Cl2N5O4. The highest BCUT2D eigenvalue weighted by molar-refractivity contribution is 6.39. The molecule has 2 aliphatic rings. The van der Waals surface area contributed by atoms with Crippen molar-refractivity contribution in [3.8, 4) is 45.4 Å². The summed E-state index contributed by atoms with van der Waals surface area (Å²) in [6.45, 7) is 1.84. The quantitative estimate of drug-likeness (QED) is 0.185. The summed E-state index contributed by atoms with van der Waals surface area (Å²) in [4.78, 5) is 32.7. The molecule has 2 aromatic carbocycles. The molecule has 11 heteroatoms. The summed E-state index contributed by atoms with van der Waals surface area (Å²) >= 11 is 14.1. The van der Waals surface area contributed by atoms with Crippen molar-refractivity contribution >= 4 is 35.0 Å². The molecule has 2 aromatic heterocycles. The van der Waals surface area contributed by atoms with E-state index in [9.17, 15) is 9.59 Å². The second-order valence-electron chi connectivity index (χ2n) is 11.6. The number of hydrogen-bond acceptors (Lipinski definition) is 7. The van der Waals surface area contributed by atoms with Gasteiger partial charge in [0.1, 0.15) is 0 Å². The molecule has 0 bridgehead atoms. The highest BCUT2D eigenvalue weighted by atomic mass is 35.5. The van der Waals surface area contributed by atoms with Gasteiger partial charge in [-0.3, -0.25) is 9.59 Å². The number of amides is 2. The molecule has 0 saturated carbocycles. The largest absolute Gasteiger partial charge is 0.481 e. The zero-order chi connectivity index (χ0) is 32.2. The van der Waals surface area contributed by atoms with Crippen molar-refractivity contribution in [2.45, 2.75) is 38.3 Å². The number of nitrogens with zero attached hydrogens (tertiary/aromatic N) is 2. The Balaban J connectivity index is 1.25. The fraction of sp³-hybridized carbons (Fsp3) is 0.314. The number of aromatic nitrogens is 2. The van der Waals surface area contributed by atoms with Crippen LogP contribution in [-0.2, 0) is 22.6 Å². The number of carbonyl (C=O) groups is 2. The zero-order valence-electron chi connectivity index (χ0n) is 25.7. The van der Waals surface area contributed by atoms with E-state index in [1.165, 1.54) is 0 Å². The third-order valence-corrected chi connectivity index (χ3v) is 9.36. The van der Waals surface area contributed by atoms with Crippen LogP contribution in [0.25, 0.3) is 33.6 Å². The van der Waals surface area contributed by atoms with Gasteiger partial charge in [-0.25, -0.2) is 9.97 Å². The first kappa shape index (κ1) is 31.8. The summed E-state index contributed by atoms with van der Waals surface area (Å²) in [7, 11) is 3.20. The zero-order valence-corrected chi connectivity index (χ0v) is 27.2. The molecule has 2 amide bonds. The van der Waals surface area contributed by atoms with Gasteiger partial charge in [0.25, 0.3) is 0 Å².